The third kappa shape index (κ3) is 3.18. The molecule has 1 aliphatic rings. The summed E-state index contributed by atoms with van der Waals surface area (Å²) in [4.78, 5) is 12.2. The highest BCUT2D eigenvalue weighted by molar-refractivity contribution is 7.89. The summed E-state index contributed by atoms with van der Waals surface area (Å²) in [6, 6.07) is 3.65. The lowest BCUT2D eigenvalue weighted by molar-refractivity contribution is -0.384. The van der Waals surface area contributed by atoms with E-state index < -0.39 is 20.6 Å². The van der Waals surface area contributed by atoms with Crippen molar-refractivity contribution in [3.8, 4) is 0 Å². The van der Waals surface area contributed by atoms with Gasteiger partial charge in [0.2, 0.25) is 10.0 Å². The number of nitro groups is 1. The Balaban J connectivity index is 2.36. The van der Waals surface area contributed by atoms with Gasteiger partial charge < -0.3 is 4.90 Å². The molecule has 0 N–H and O–H groups in total. The van der Waals surface area contributed by atoms with Gasteiger partial charge >= 0.3 is 0 Å². The highest BCUT2D eigenvalue weighted by Gasteiger charge is 2.32. The fourth-order valence-electron chi connectivity index (χ4n) is 2.18. The average Bonchev–Trinajstić information content (AvgIpc) is 2.41. The van der Waals surface area contributed by atoms with Crippen molar-refractivity contribution in [2.75, 3.05) is 26.7 Å². The van der Waals surface area contributed by atoms with Gasteiger partial charge in [0.15, 0.2) is 0 Å². The topological polar surface area (TPSA) is 83.8 Å². The Morgan fingerprint density at radius 2 is 2.05 bits per heavy atom. The molecule has 0 bridgehead atoms. The number of sulfonamides is 1. The number of nitrogens with zero attached hydrogens (tertiary/aromatic N) is 3. The molecular weight excluding hydrogens is 318 g/mol. The highest BCUT2D eigenvalue weighted by atomic mass is 35.5. The molecule has 1 aromatic rings. The summed E-state index contributed by atoms with van der Waals surface area (Å²) >= 11 is 5.71. The van der Waals surface area contributed by atoms with Crippen LogP contribution in [0, 0.1) is 10.1 Å². The monoisotopic (exact) mass is 333 g/mol. The van der Waals surface area contributed by atoms with Crippen molar-refractivity contribution in [1.29, 1.82) is 0 Å². The lowest BCUT2D eigenvalue weighted by atomic mass is 10.2. The molecule has 0 spiro atoms. The molecule has 21 heavy (non-hydrogen) atoms. The predicted octanol–water partition coefficient (Wildman–Crippen LogP) is 1.57. The molecule has 1 heterocycles. The normalized spacial score (nSPS) is 21.4. The molecule has 0 aromatic heterocycles. The second kappa shape index (κ2) is 5.88. The fourth-order valence-corrected chi connectivity index (χ4v) is 3.89. The number of benzene rings is 1. The highest BCUT2D eigenvalue weighted by Crippen LogP contribution is 2.29. The van der Waals surface area contributed by atoms with Gasteiger partial charge in [0.25, 0.3) is 5.69 Å². The molecular formula is C12H16ClN3O4S. The SMILES string of the molecule is CC1CN(S(=O)(=O)c2ccc(Cl)c([N+](=O)[O-])c2)CCN1C. The molecule has 1 atom stereocenters. The van der Waals surface area contributed by atoms with Gasteiger partial charge in [-0.25, -0.2) is 8.42 Å². The number of piperazine rings is 1. The van der Waals surface area contributed by atoms with E-state index in [2.05, 4.69) is 4.90 Å². The molecule has 0 saturated carbocycles. The van der Waals surface area contributed by atoms with Crippen molar-refractivity contribution in [3.05, 3.63) is 33.3 Å². The summed E-state index contributed by atoms with van der Waals surface area (Å²) in [5, 5.41) is 10.8. The van der Waals surface area contributed by atoms with E-state index in [1.165, 1.54) is 16.4 Å². The number of halogens is 1. The Morgan fingerprint density at radius 3 is 2.62 bits per heavy atom. The van der Waals surface area contributed by atoms with Gasteiger partial charge in [0.05, 0.1) is 9.82 Å². The first-order valence-corrected chi connectivity index (χ1v) is 8.19. The van der Waals surface area contributed by atoms with Crippen LogP contribution in [0.3, 0.4) is 0 Å². The lowest BCUT2D eigenvalue weighted by Gasteiger charge is -2.36. The third-order valence-electron chi connectivity index (χ3n) is 3.67. The van der Waals surface area contributed by atoms with Gasteiger partial charge in [-0.2, -0.15) is 4.31 Å². The zero-order valence-corrected chi connectivity index (χ0v) is 13.3. The third-order valence-corrected chi connectivity index (χ3v) is 5.86. The average molecular weight is 334 g/mol. The van der Waals surface area contributed by atoms with Crippen LogP contribution in [0.25, 0.3) is 0 Å². The van der Waals surface area contributed by atoms with E-state index in [1.807, 2.05) is 14.0 Å². The van der Waals surface area contributed by atoms with Crippen LogP contribution in [0.5, 0.6) is 0 Å². The summed E-state index contributed by atoms with van der Waals surface area (Å²) in [6.07, 6.45) is 0. The van der Waals surface area contributed by atoms with Crippen LogP contribution in [-0.2, 0) is 10.0 Å². The Kier molecular flexibility index (Phi) is 4.52. The number of rotatable bonds is 3. The maximum atomic E-state index is 12.6. The van der Waals surface area contributed by atoms with Crippen LogP contribution in [0.4, 0.5) is 5.69 Å². The molecule has 1 aliphatic heterocycles. The van der Waals surface area contributed by atoms with Crippen LogP contribution < -0.4 is 0 Å². The van der Waals surface area contributed by atoms with Gasteiger partial charge in [-0.3, -0.25) is 10.1 Å². The van der Waals surface area contributed by atoms with E-state index in [1.54, 1.807) is 0 Å². The molecule has 0 radical (unpaired) electrons. The van der Waals surface area contributed by atoms with Gasteiger partial charge in [-0.15, -0.1) is 0 Å². The number of nitro benzene ring substituents is 1. The van der Waals surface area contributed by atoms with Crippen LogP contribution in [-0.4, -0.2) is 55.3 Å². The van der Waals surface area contributed by atoms with E-state index in [4.69, 9.17) is 11.6 Å². The smallest absolute Gasteiger partial charge is 0.289 e. The van der Waals surface area contributed by atoms with Crippen molar-refractivity contribution in [3.63, 3.8) is 0 Å². The maximum Gasteiger partial charge on any atom is 0.289 e. The first kappa shape index (κ1) is 16.2. The first-order chi connectivity index (χ1) is 9.73. The fraction of sp³-hybridized carbons (Fsp3) is 0.500. The van der Waals surface area contributed by atoms with Crippen LogP contribution in [0.1, 0.15) is 6.92 Å². The van der Waals surface area contributed by atoms with E-state index in [9.17, 15) is 18.5 Å². The minimum atomic E-state index is -3.75. The van der Waals surface area contributed by atoms with Crippen LogP contribution in [0.15, 0.2) is 23.1 Å². The molecule has 9 heteroatoms. The van der Waals surface area contributed by atoms with Gasteiger partial charge in [0, 0.05) is 31.7 Å². The first-order valence-electron chi connectivity index (χ1n) is 6.38. The quantitative estimate of drug-likeness (QED) is 0.619. The Morgan fingerprint density at radius 1 is 1.38 bits per heavy atom. The molecule has 1 aromatic carbocycles. The molecule has 0 aliphatic carbocycles. The minimum absolute atomic E-state index is 0.0781. The van der Waals surface area contributed by atoms with Crippen molar-refractivity contribution >= 4 is 27.3 Å². The molecule has 1 unspecified atom stereocenters. The van der Waals surface area contributed by atoms with Gasteiger partial charge in [-0.1, -0.05) is 11.6 Å². The van der Waals surface area contributed by atoms with E-state index in [0.29, 0.717) is 19.6 Å². The number of hydrogen-bond donors (Lipinski definition) is 0. The van der Waals surface area contributed by atoms with E-state index >= 15 is 0 Å². The lowest BCUT2D eigenvalue weighted by Crippen LogP contribution is -2.51. The molecule has 2 rings (SSSR count). The summed E-state index contributed by atoms with van der Waals surface area (Å²) in [5.74, 6) is 0. The summed E-state index contributed by atoms with van der Waals surface area (Å²) < 4.78 is 26.5. The molecule has 0 amide bonds. The molecule has 1 fully saturated rings. The van der Waals surface area contributed by atoms with Crippen molar-refractivity contribution in [2.45, 2.75) is 17.9 Å². The summed E-state index contributed by atoms with van der Waals surface area (Å²) in [7, 11) is -1.82. The maximum absolute atomic E-state index is 12.6. The van der Waals surface area contributed by atoms with Gasteiger partial charge in [0.1, 0.15) is 5.02 Å². The van der Waals surface area contributed by atoms with Crippen molar-refractivity contribution < 1.29 is 13.3 Å². The van der Waals surface area contributed by atoms with Gasteiger partial charge in [-0.05, 0) is 26.1 Å². The molecule has 116 valence electrons. The Labute approximate surface area is 128 Å². The Hall–Kier alpha value is -1.22. The second-order valence-electron chi connectivity index (χ2n) is 5.06. The Bertz CT molecular complexity index is 664. The second-order valence-corrected chi connectivity index (χ2v) is 7.41. The number of hydrogen-bond acceptors (Lipinski definition) is 5. The van der Waals surface area contributed by atoms with E-state index in [-0.39, 0.29) is 16.0 Å². The molecule has 1 saturated heterocycles. The summed E-state index contributed by atoms with van der Waals surface area (Å²) in [5.41, 5.74) is -0.403. The largest absolute Gasteiger partial charge is 0.301 e. The molecule has 7 nitrogen and oxygen atoms in total. The van der Waals surface area contributed by atoms with Crippen LogP contribution in [0.2, 0.25) is 5.02 Å². The standard InChI is InChI=1S/C12H16ClN3O4S/c1-9-8-15(6-5-14(9)2)21(19,20)10-3-4-11(13)12(7-10)16(17)18/h3-4,7,9H,5-6,8H2,1-2H3. The van der Waals surface area contributed by atoms with Crippen LogP contribution >= 0.6 is 11.6 Å². The predicted molar refractivity (Wildman–Crippen MR) is 79.0 cm³/mol. The van der Waals surface area contributed by atoms with Crippen molar-refractivity contribution in [1.82, 2.24) is 9.21 Å². The number of likely N-dealkylation sites (N-methyl/N-ethyl adjacent to an activating group) is 1. The zero-order chi connectivity index (χ0) is 15.8. The summed E-state index contributed by atoms with van der Waals surface area (Å²) in [6.45, 7) is 3.27. The minimum Gasteiger partial charge on any atom is -0.301 e. The van der Waals surface area contributed by atoms with Crippen molar-refractivity contribution in [2.24, 2.45) is 0 Å². The van der Waals surface area contributed by atoms with E-state index in [0.717, 1.165) is 6.07 Å². The zero-order valence-electron chi connectivity index (χ0n) is 11.7.